The van der Waals surface area contributed by atoms with Crippen molar-refractivity contribution in [2.24, 2.45) is 0 Å². The van der Waals surface area contributed by atoms with Crippen LogP contribution in [0.1, 0.15) is 19.8 Å². The number of fused-ring (bicyclic) bond motifs is 1. The third-order valence-electron chi connectivity index (χ3n) is 3.28. The summed E-state index contributed by atoms with van der Waals surface area (Å²) in [6, 6.07) is 8.42. The van der Waals surface area contributed by atoms with Crippen LogP contribution in [-0.4, -0.2) is 38.8 Å². The summed E-state index contributed by atoms with van der Waals surface area (Å²) in [6.07, 6.45) is 3.14. The van der Waals surface area contributed by atoms with Crippen molar-refractivity contribution in [2.45, 2.75) is 29.9 Å². The van der Waals surface area contributed by atoms with Gasteiger partial charge in [-0.05, 0) is 25.0 Å². The molecule has 0 N–H and O–H groups in total. The van der Waals surface area contributed by atoms with E-state index >= 15 is 0 Å². The van der Waals surface area contributed by atoms with Gasteiger partial charge in [0.1, 0.15) is 9.84 Å². The van der Waals surface area contributed by atoms with Crippen molar-refractivity contribution in [3.05, 3.63) is 24.3 Å². The van der Waals surface area contributed by atoms with E-state index in [1.54, 1.807) is 0 Å². The molecule has 1 atom stereocenters. The standard InChI is InChI=1S/C14H21NO2S2/c1-12-8-10-15(9-5-11-19(2,16)17)13-6-3-4-7-14(13)18-12/h3-4,6-7,12H,5,8-11H2,1-2H3/t12-/m1/s1. The lowest BCUT2D eigenvalue weighted by atomic mass is 10.2. The van der Waals surface area contributed by atoms with Crippen LogP contribution in [0.15, 0.2) is 29.2 Å². The molecule has 0 aliphatic carbocycles. The number of thioether (sulfide) groups is 1. The zero-order valence-electron chi connectivity index (χ0n) is 11.5. The molecule has 1 aliphatic rings. The van der Waals surface area contributed by atoms with Crippen molar-refractivity contribution in [1.29, 1.82) is 0 Å². The minimum atomic E-state index is -2.85. The summed E-state index contributed by atoms with van der Waals surface area (Å²) in [5.41, 5.74) is 1.25. The Morgan fingerprint density at radius 2 is 2.11 bits per heavy atom. The molecule has 1 aromatic carbocycles. The van der Waals surface area contributed by atoms with Crippen LogP contribution in [0.4, 0.5) is 5.69 Å². The van der Waals surface area contributed by atoms with Gasteiger partial charge in [-0.3, -0.25) is 0 Å². The summed E-state index contributed by atoms with van der Waals surface area (Å²) in [6.45, 7) is 4.08. The fourth-order valence-corrected chi connectivity index (χ4v) is 4.09. The first-order chi connectivity index (χ1) is 8.96. The summed E-state index contributed by atoms with van der Waals surface area (Å²) >= 11 is 1.92. The van der Waals surface area contributed by atoms with E-state index in [2.05, 4.69) is 36.1 Å². The summed E-state index contributed by atoms with van der Waals surface area (Å²) in [5, 5.41) is 0.612. The highest BCUT2D eigenvalue weighted by molar-refractivity contribution is 8.00. The number of anilines is 1. The van der Waals surface area contributed by atoms with E-state index in [1.807, 2.05) is 11.8 Å². The largest absolute Gasteiger partial charge is 0.371 e. The van der Waals surface area contributed by atoms with Crippen molar-refractivity contribution in [2.75, 3.05) is 30.0 Å². The van der Waals surface area contributed by atoms with E-state index in [1.165, 1.54) is 16.8 Å². The fraction of sp³-hybridized carbons (Fsp3) is 0.571. The van der Waals surface area contributed by atoms with Crippen LogP contribution in [0, 0.1) is 0 Å². The highest BCUT2D eigenvalue weighted by Gasteiger charge is 2.19. The van der Waals surface area contributed by atoms with Crippen molar-refractivity contribution >= 4 is 27.3 Å². The predicted molar refractivity (Wildman–Crippen MR) is 82.9 cm³/mol. The summed E-state index contributed by atoms with van der Waals surface area (Å²) in [4.78, 5) is 3.64. The average molecular weight is 299 g/mol. The molecule has 1 aromatic rings. The van der Waals surface area contributed by atoms with Gasteiger partial charge < -0.3 is 4.90 Å². The Kier molecular flexibility index (Phi) is 4.79. The molecule has 0 radical (unpaired) electrons. The van der Waals surface area contributed by atoms with Crippen LogP contribution in [0.3, 0.4) is 0 Å². The van der Waals surface area contributed by atoms with Crippen molar-refractivity contribution < 1.29 is 8.42 Å². The maximum Gasteiger partial charge on any atom is 0.147 e. The second kappa shape index (κ2) is 6.18. The monoisotopic (exact) mass is 299 g/mol. The minimum Gasteiger partial charge on any atom is -0.371 e. The van der Waals surface area contributed by atoms with Gasteiger partial charge in [-0.15, -0.1) is 11.8 Å². The molecule has 0 saturated carbocycles. The van der Waals surface area contributed by atoms with E-state index in [-0.39, 0.29) is 5.75 Å². The maximum absolute atomic E-state index is 11.2. The van der Waals surface area contributed by atoms with E-state index < -0.39 is 9.84 Å². The number of nitrogens with zero attached hydrogens (tertiary/aromatic N) is 1. The van der Waals surface area contributed by atoms with Gasteiger partial charge in [0.15, 0.2) is 0 Å². The molecular formula is C14H21NO2S2. The quantitative estimate of drug-likeness (QED) is 0.857. The predicted octanol–water partition coefficient (Wildman–Crippen LogP) is 2.81. The van der Waals surface area contributed by atoms with Crippen LogP contribution < -0.4 is 4.90 Å². The first kappa shape index (κ1) is 14.7. The van der Waals surface area contributed by atoms with Crippen LogP contribution in [-0.2, 0) is 9.84 Å². The molecule has 0 spiro atoms. The number of hydrogen-bond donors (Lipinski definition) is 0. The Bertz CT molecular complexity index is 528. The Labute approximate surface area is 120 Å². The Morgan fingerprint density at radius 3 is 2.84 bits per heavy atom. The van der Waals surface area contributed by atoms with E-state index in [0.717, 1.165) is 19.5 Å². The van der Waals surface area contributed by atoms with Gasteiger partial charge in [0, 0.05) is 29.5 Å². The topological polar surface area (TPSA) is 37.4 Å². The Balaban J connectivity index is 2.08. The molecule has 0 unspecified atom stereocenters. The number of hydrogen-bond acceptors (Lipinski definition) is 4. The van der Waals surface area contributed by atoms with Crippen molar-refractivity contribution in [3.63, 3.8) is 0 Å². The average Bonchev–Trinajstić information content (AvgIpc) is 2.47. The lowest BCUT2D eigenvalue weighted by molar-refractivity contribution is 0.597. The molecule has 1 heterocycles. The smallest absolute Gasteiger partial charge is 0.147 e. The van der Waals surface area contributed by atoms with Gasteiger partial charge in [0.05, 0.1) is 11.4 Å². The first-order valence-electron chi connectivity index (χ1n) is 6.64. The highest BCUT2D eigenvalue weighted by Crippen LogP contribution is 2.37. The number of sulfone groups is 1. The molecule has 5 heteroatoms. The number of benzene rings is 1. The number of rotatable bonds is 4. The minimum absolute atomic E-state index is 0.272. The molecule has 1 aliphatic heterocycles. The fourth-order valence-electron chi connectivity index (χ4n) is 2.30. The second-order valence-corrected chi connectivity index (χ2v) is 8.90. The van der Waals surface area contributed by atoms with Crippen molar-refractivity contribution in [3.8, 4) is 0 Å². The SMILES string of the molecule is C[C@@H]1CCN(CCCS(C)(=O)=O)c2ccccc2S1. The van der Waals surface area contributed by atoms with Crippen LogP contribution in [0.2, 0.25) is 0 Å². The summed E-state index contributed by atoms with van der Waals surface area (Å²) < 4.78 is 22.4. The second-order valence-electron chi connectivity index (χ2n) is 5.16. The van der Waals surface area contributed by atoms with Crippen LogP contribution >= 0.6 is 11.8 Å². The van der Waals surface area contributed by atoms with E-state index in [4.69, 9.17) is 0 Å². The molecule has 3 nitrogen and oxygen atoms in total. The van der Waals surface area contributed by atoms with Gasteiger partial charge in [0.2, 0.25) is 0 Å². The van der Waals surface area contributed by atoms with Crippen molar-refractivity contribution in [1.82, 2.24) is 0 Å². The lowest BCUT2D eigenvalue weighted by Gasteiger charge is -2.24. The van der Waals surface area contributed by atoms with Gasteiger partial charge >= 0.3 is 0 Å². The third kappa shape index (κ3) is 4.42. The third-order valence-corrected chi connectivity index (χ3v) is 5.55. The molecule has 2 rings (SSSR count). The molecule has 0 bridgehead atoms. The molecule has 0 fully saturated rings. The summed E-state index contributed by atoms with van der Waals surface area (Å²) in [7, 11) is -2.85. The zero-order chi connectivity index (χ0) is 13.9. The molecular weight excluding hydrogens is 278 g/mol. The van der Waals surface area contributed by atoms with E-state index in [9.17, 15) is 8.42 Å². The zero-order valence-corrected chi connectivity index (χ0v) is 13.1. The molecule has 0 amide bonds. The van der Waals surface area contributed by atoms with Gasteiger partial charge in [-0.2, -0.15) is 0 Å². The summed E-state index contributed by atoms with van der Waals surface area (Å²) in [5.74, 6) is 0.272. The van der Waals surface area contributed by atoms with E-state index in [0.29, 0.717) is 11.7 Å². The molecule has 0 aromatic heterocycles. The molecule has 19 heavy (non-hydrogen) atoms. The number of para-hydroxylation sites is 1. The van der Waals surface area contributed by atoms with Crippen LogP contribution in [0.5, 0.6) is 0 Å². The highest BCUT2D eigenvalue weighted by atomic mass is 32.2. The molecule has 106 valence electrons. The van der Waals surface area contributed by atoms with Gasteiger partial charge in [-0.25, -0.2) is 8.42 Å². The van der Waals surface area contributed by atoms with Crippen LogP contribution in [0.25, 0.3) is 0 Å². The lowest BCUT2D eigenvalue weighted by Crippen LogP contribution is -2.27. The normalized spacial score (nSPS) is 19.9. The molecule has 0 saturated heterocycles. The van der Waals surface area contributed by atoms with Gasteiger partial charge in [0.25, 0.3) is 0 Å². The Hall–Kier alpha value is -0.680. The van der Waals surface area contributed by atoms with Gasteiger partial charge in [-0.1, -0.05) is 19.1 Å². The Morgan fingerprint density at radius 1 is 1.37 bits per heavy atom. The maximum atomic E-state index is 11.2. The first-order valence-corrected chi connectivity index (χ1v) is 9.58.